The van der Waals surface area contributed by atoms with Crippen molar-refractivity contribution in [3.8, 4) is 0 Å². The van der Waals surface area contributed by atoms with Crippen LogP contribution >= 0.6 is 31.9 Å². The molecule has 0 N–H and O–H groups in total. The molecule has 1 aromatic carbocycles. The molecule has 1 heterocycles. The molecule has 1 aliphatic heterocycles. The van der Waals surface area contributed by atoms with Crippen LogP contribution in [0.15, 0.2) is 32.3 Å². The number of methoxy groups -OCH3 is 2. The third kappa shape index (κ3) is 3.83. The molecule has 25 heavy (non-hydrogen) atoms. The van der Waals surface area contributed by atoms with Gasteiger partial charge >= 0.3 is 11.9 Å². The minimum absolute atomic E-state index is 0.0121. The number of nitro groups is 1. The van der Waals surface area contributed by atoms with Gasteiger partial charge in [-0.3, -0.25) is 10.1 Å². The largest absolute Gasteiger partial charge is 0.466 e. The molecule has 0 saturated carbocycles. The first-order valence-corrected chi connectivity index (χ1v) is 8.28. The zero-order chi connectivity index (χ0) is 18.7. The fraction of sp³-hybridized carbons (Fsp3) is 0.286. The Balaban J connectivity index is 2.64. The summed E-state index contributed by atoms with van der Waals surface area (Å²) < 4.78 is 15.3. The molecule has 0 amide bonds. The summed E-state index contributed by atoms with van der Waals surface area (Å²) in [5.41, 5.74) is 0.147. The van der Waals surface area contributed by atoms with E-state index in [4.69, 9.17) is 9.47 Å². The quantitative estimate of drug-likeness (QED) is 0.368. The van der Waals surface area contributed by atoms with E-state index in [9.17, 15) is 19.7 Å². The smallest absolute Gasteiger partial charge is 0.355 e. The Morgan fingerprint density at radius 1 is 1.20 bits per heavy atom. The molecule has 0 saturated heterocycles. The van der Waals surface area contributed by atoms with Crippen LogP contribution in [-0.2, 0) is 23.8 Å². The fourth-order valence-electron chi connectivity index (χ4n) is 2.21. The summed E-state index contributed by atoms with van der Waals surface area (Å²) >= 11 is 6.37. The van der Waals surface area contributed by atoms with Gasteiger partial charge in [0.15, 0.2) is 0 Å². The molecule has 1 aromatic rings. The molecule has 0 spiro atoms. The van der Waals surface area contributed by atoms with Crippen molar-refractivity contribution in [2.45, 2.75) is 0 Å². The van der Waals surface area contributed by atoms with Gasteiger partial charge in [0, 0.05) is 10.5 Å². The second-order valence-electron chi connectivity index (χ2n) is 4.73. The predicted molar refractivity (Wildman–Crippen MR) is 92.9 cm³/mol. The number of carbonyl (C=O) groups is 2. The third-order valence-corrected chi connectivity index (χ3v) is 4.61. The van der Waals surface area contributed by atoms with Crippen molar-refractivity contribution in [1.82, 2.24) is 0 Å². The first-order chi connectivity index (χ1) is 11.8. The van der Waals surface area contributed by atoms with Crippen molar-refractivity contribution < 1.29 is 28.7 Å². The van der Waals surface area contributed by atoms with Gasteiger partial charge in [0.25, 0.3) is 5.69 Å². The van der Waals surface area contributed by atoms with E-state index in [2.05, 4.69) is 36.6 Å². The normalized spacial score (nSPS) is 14.3. The zero-order valence-electron chi connectivity index (χ0n) is 13.1. The summed E-state index contributed by atoms with van der Waals surface area (Å²) in [6.07, 6.45) is 0. The number of benzene rings is 1. The van der Waals surface area contributed by atoms with Gasteiger partial charge < -0.3 is 19.1 Å². The van der Waals surface area contributed by atoms with E-state index >= 15 is 0 Å². The zero-order valence-corrected chi connectivity index (χ0v) is 16.2. The van der Waals surface area contributed by atoms with Gasteiger partial charge in [-0.1, -0.05) is 0 Å². The van der Waals surface area contributed by atoms with Gasteiger partial charge in [-0.05, 0) is 37.9 Å². The summed E-state index contributed by atoms with van der Waals surface area (Å²) in [5, 5.41) is 11.0. The molecule has 0 aromatic heterocycles. The molecule has 0 unspecified atom stereocenters. The molecule has 11 heteroatoms. The van der Waals surface area contributed by atoms with Crippen molar-refractivity contribution in [3.05, 3.63) is 42.5 Å². The number of carbonyl (C=O) groups excluding carboxylic acids is 2. The van der Waals surface area contributed by atoms with Gasteiger partial charge in [0.05, 0.1) is 41.5 Å². The SMILES string of the molecule is COC(=O)C1=C(C(=O)OC)N(c2cc(Br)c([N+](=O)[O-])cc2Br)COC1. The van der Waals surface area contributed by atoms with Crippen LogP contribution in [0.5, 0.6) is 0 Å². The fourth-order valence-corrected chi connectivity index (χ4v) is 3.23. The van der Waals surface area contributed by atoms with Crippen molar-refractivity contribution in [2.24, 2.45) is 0 Å². The highest BCUT2D eigenvalue weighted by molar-refractivity contribution is 9.11. The van der Waals surface area contributed by atoms with Gasteiger partial charge in [-0.2, -0.15) is 0 Å². The highest BCUT2D eigenvalue weighted by Crippen LogP contribution is 2.39. The standard InChI is InChI=1S/C14H12Br2N2O7/c1-23-13(19)7-5-25-6-17(12(7)14(20)24-2)10-3-9(16)11(18(21)22)4-8(10)15/h3-4H,5-6H2,1-2H3. The number of anilines is 1. The summed E-state index contributed by atoms with van der Waals surface area (Å²) in [6, 6.07) is 2.72. The van der Waals surface area contributed by atoms with Crippen molar-refractivity contribution >= 4 is 55.2 Å². The lowest BCUT2D eigenvalue weighted by Gasteiger charge is -2.32. The van der Waals surface area contributed by atoms with E-state index in [0.29, 0.717) is 10.2 Å². The van der Waals surface area contributed by atoms with Crippen LogP contribution in [0.3, 0.4) is 0 Å². The average Bonchev–Trinajstić information content (AvgIpc) is 2.61. The average molecular weight is 480 g/mol. The van der Waals surface area contributed by atoms with Crippen LogP contribution in [0.1, 0.15) is 0 Å². The lowest BCUT2D eigenvalue weighted by atomic mass is 10.1. The monoisotopic (exact) mass is 478 g/mol. The molecule has 1 aliphatic rings. The predicted octanol–water partition coefficient (Wildman–Crippen LogP) is 2.51. The number of ether oxygens (including phenoxy) is 3. The van der Waals surface area contributed by atoms with Gasteiger partial charge in [0.1, 0.15) is 12.4 Å². The Hall–Kier alpha value is -1.98. The van der Waals surface area contributed by atoms with E-state index < -0.39 is 16.9 Å². The summed E-state index contributed by atoms with van der Waals surface area (Å²) in [4.78, 5) is 36.1. The number of esters is 2. The van der Waals surface area contributed by atoms with Crippen LogP contribution in [0.25, 0.3) is 0 Å². The second kappa shape index (κ2) is 7.93. The van der Waals surface area contributed by atoms with Crippen LogP contribution in [-0.4, -0.2) is 44.4 Å². The van der Waals surface area contributed by atoms with Crippen molar-refractivity contribution in [1.29, 1.82) is 0 Å². The highest BCUT2D eigenvalue weighted by atomic mass is 79.9. The Morgan fingerprint density at radius 2 is 1.84 bits per heavy atom. The van der Waals surface area contributed by atoms with Crippen molar-refractivity contribution in [2.75, 3.05) is 32.5 Å². The number of hydrogen-bond acceptors (Lipinski definition) is 8. The van der Waals surface area contributed by atoms with E-state index in [0.717, 1.165) is 0 Å². The van der Waals surface area contributed by atoms with Gasteiger partial charge in [-0.15, -0.1) is 0 Å². The molecule has 0 bridgehead atoms. The molecule has 0 atom stereocenters. The maximum Gasteiger partial charge on any atom is 0.355 e. The number of hydrogen-bond donors (Lipinski definition) is 0. The Morgan fingerprint density at radius 3 is 2.40 bits per heavy atom. The van der Waals surface area contributed by atoms with Gasteiger partial charge in [-0.25, -0.2) is 9.59 Å². The second-order valence-corrected chi connectivity index (χ2v) is 6.44. The first kappa shape index (κ1) is 19.3. The molecular formula is C14H12Br2N2O7. The Kier molecular flexibility index (Phi) is 6.14. The number of nitrogens with zero attached hydrogens (tertiary/aromatic N) is 2. The lowest BCUT2D eigenvalue weighted by molar-refractivity contribution is -0.385. The summed E-state index contributed by atoms with van der Waals surface area (Å²) in [7, 11) is 2.36. The highest BCUT2D eigenvalue weighted by Gasteiger charge is 2.34. The molecule has 9 nitrogen and oxygen atoms in total. The van der Waals surface area contributed by atoms with Gasteiger partial charge in [0.2, 0.25) is 0 Å². The van der Waals surface area contributed by atoms with Crippen LogP contribution in [0.2, 0.25) is 0 Å². The van der Waals surface area contributed by atoms with Crippen LogP contribution in [0.4, 0.5) is 11.4 Å². The first-order valence-electron chi connectivity index (χ1n) is 6.70. The third-order valence-electron chi connectivity index (χ3n) is 3.34. The van der Waals surface area contributed by atoms with Crippen LogP contribution < -0.4 is 4.90 Å². The molecular weight excluding hydrogens is 468 g/mol. The minimum atomic E-state index is -0.759. The van der Waals surface area contributed by atoms with Crippen LogP contribution in [0, 0.1) is 10.1 Å². The van der Waals surface area contributed by atoms with E-state index in [-0.39, 0.29) is 34.8 Å². The maximum atomic E-state index is 12.2. The van der Waals surface area contributed by atoms with E-state index in [1.165, 1.54) is 31.3 Å². The number of nitro benzene ring substituents is 1. The minimum Gasteiger partial charge on any atom is -0.466 e. The number of rotatable bonds is 4. The Labute approximate surface area is 158 Å². The Bertz CT molecular complexity index is 779. The molecule has 134 valence electrons. The molecule has 0 radical (unpaired) electrons. The van der Waals surface area contributed by atoms with Crippen molar-refractivity contribution in [3.63, 3.8) is 0 Å². The molecule has 0 aliphatic carbocycles. The topological polar surface area (TPSA) is 108 Å². The molecule has 0 fully saturated rings. The summed E-state index contributed by atoms with van der Waals surface area (Å²) in [6.45, 7) is -0.187. The molecule has 2 rings (SSSR count). The summed E-state index contributed by atoms with van der Waals surface area (Å²) in [5.74, 6) is -1.49. The number of halogens is 2. The van der Waals surface area contributed by atoms with E-state index in [1.54, 1.807) is 0 Å². The lowest BCUT2D eigenvalue weighted by Crippen LogP contribution is -2.39. The van der Waals surface area contributed by atoms with E-state index in [1.807, 2.05) is 0 Å². The maximum absolute atomic E-state index is 12.2.